The molecule has 3 aromatic carbocycles. The minimum absolute atomic E-state index is 0.0174. The van der Waals surface area contributed by atoms with Crippen molar-refractivity contribution in [3.05, 3.63) is 127 Å². The molecule has 0 amide bonds. The van der Waals surface area contributed by atoms with Crippen LogP contribution in [0.3, 0.4) is 0 Å². The first-order chi connectivity index (χ1) is 37.7. The SMILES string of the molecule is C=C(Cl)/C=C/[C@H](CC(=C)C[C@H]1O[C@@H]([C@H](O[Si](CC)(CC)CC)[C@@]2(OC)C[C@H](O[Si](C)(C)C(C)(C)C)[C@@H](C)[C@@H](CCCC[P+](c3ccccc3)(c3ccccc3)c3ccccc3)O2)[C@H](C)[C@@H](O[Si](C)(C)C)[C@@H]1O[Si](C)(C)C)O[Si](C)(C)C. The van der Waals surface area contributed by atoms with Crippen LogP contribution >= 0.6 is 18.9 Å². The quantitative estimate of drug-likeness (QED) is 0.0215. The van der Waals surface area contributed by atoms with Crippen LogP contribution in [0.4, 0.5) is 0 Å². The Morgan fingerprint density at radius 2 is 1.19 bits per heavy atom. The number of halogens is 1. The molecule has 2 fully saturated rings. The van der Waals surface area contributed by atoms with E-state index in [-0.39, 0.29) is 47.4 Å². The number of methoxy groups -OCH3 is 1. The topological polar surface area (TPSA) is 73.8 Å². The average Bonchev–Trinajstić information content (AvgIpc) is 3.45. The fraction of sp³-hybridized carbons (Fsp3) is 0.636. The van der Waals surface area contributed by atoms with Crippen molar-refractivity contribution >= 4 is 76.4 Å². The van der Waals surface area contributed by atoms with E-state index >= 15 is 0 Å². The van der Waals surface area contributed by atoms with E-state index < -0.39 is 72.9 Å². The van der Waals surface area contributed by atoms with E-state index in [4.69, 9.17) is 54.5 Å². The van der Waals surface area contributed by atoms with Gasteiger partial charge < -0.3 is 36.3 Å². The van der Waals surface area contributed by atoms with E-state index in [0.29, 0.717) is 24.3 Å². The summed E-state index contributed by atoms with van der Waals surface area (Å²) < 4.78 is 60.4. The molecule has 454 valence electrons. The van der Waals surface area contributed by atoms with Crippen molar-refractivity contribution in [1.82, 2.24) is 0 Å². The molecule has 2 saturated heterocycles. The minimum Gasteiger partial charge on any atom is -0.413 e. The Balaban J connectivity index is 1.67. The molecule has 0 aromatic heterocycles. The summed E-state index contributed by atoms with van der Waals surface area (Å²) in [7, 11) is -11.4. The first kappa shape index (κ1) is 70.1. The number of rotatable bonds is 30. The van der Waals surface area contributed by atoms with Gasteiger partial charge in [-0.25, -0.2) is 0 Å². The molecular weight excluding hydrogens is 1130 g/mol. The van der Waals surface area contributed by atoms with Crippen LogP contribution in [0.1, 0.15) is 93.9 Å². The van der Waals surface area contributed by atoms with Crippen LogP contribution < -0.4 is 15.9 Å². The highest BCUT2D eigenvalue weighted by Gasteiger charge is 2.61. The lowest BCUT2D eigenvalue weighted by Gasteiger charge is -2.57. The van der Waals surface area contributed by atoms with Gasteiger partial charge in [-0.05, 0) is 170 Å². The molecule has 3 aromatic rings. The lowest BCUT2D eigenvalue weighted by Crippen LogP contribution is -2.70. The molecule has 8 nitrogen and oxygen atoms in total. The molecule has 2 aliphatic heterocycles. The molecule has 0 bridgehead atoms. The van der Waals surface area contributed by atoms with Gasteiger partial charge in [0.15, 0.2) is 47.4 Å². The maximum atomic E-state index is 8.10. The first-order valence-electron chi connectivity index (χ1n) is 30.7. The van der Waals surface area contributed by atoms with Crippen molar-refractivity contribution < 1.29 is 36.3 Å². The zero-order valence-corrected chi connectivity index (χ0v) is 60.8. The summed E-state index contributed by atoms with van der Waals surface area (Å²) in [5.41, 5.74) is 1.01. The Kier molecular flexibility index (Phi) is 25.4. The van der Waals surface area contributed by atoms with Gasteiger partial charge in [-0.15, -0.1) is 0 Å². The molecule has 0 N–H and O–H groups in total. The van der Waals surface area contributed by atoms with E-state index in [9.17, 15) is 0 Å². The zero-order valence-electron chi connectivity index (χ0n) is 54.2. The third-order valence-corrected chi connectivity index (χ3v) is 34.2. The summed E-state index contributed by atoms with van der Waals surface area (Å²) in [6.07, 6.45) is 6.67. The van der Waals surface area contributed by atoms with Crippen molar-refractivity contribution in [2.24, 2.45) is 11.8 Å². The number of benzene rings is 3. The number of hydrogen-bond acceptors (Lipinski definition) is 8. The lowest BCUT2D eigenvalue weighted by molar-refractivity contribution is -0.353. The standard InChI is InChI=1S/C66H111ClO8PSi5/c1-23-81(24-2,25-3)75-64(62-53(7)61(73-78(15,16)17)63(74-79(18,19)20)59(69-62)48-50(4)47-54(45-44-51(5)67)71-77(12,13)14)66(68-11)49-60(72-80(21,22)65(8,9)10)52(6)58(70-66)43-35-36-46-76(55-37-29-26-30-38-55,56-39-31-27-32-40-56)57-41-33-28-34-42-57/h26-34,37-42,44-45,52-54,58-64H,4-5,23-25,35-36,43,46-49H2,1-3,6-22H3/q+1/b45-44+/t52-,53+,54+,58+,59+,60-,61+,62+,63+,64-,66+/m0/s1. The Hall–Kier alpha value is -1.64. The van der Waals surface area contributed by atoms with Gasteiger partial charge in [0, 0.05) is 30.4 Å². The zero-order chi connectivity index (χ0) is 60.4. The first-order valence-corrected chi connectivity index (χ1v) is 48.7. The summed E-state index contributed by atoms with van der Waals surface area (Å²) in [6, 6.07) is 36.7. The summed E-state index contributed by atoms with van der Waals surface area (Å²) in [4.78, 5) is 0. The maximum Gasteiger partial charge on any atom is 0.198 e. The second-order valence-electron chi connectivity index (χ2n) is 28.1. The summed E-state index contributed by atoms with van der Waals surface area (Å²) in [5.74, 6) is -1.30. The van der Waals surface area contributed by atoms with Gasteiger partial charge in [-0.1, -0.05) is 146 Å². The van der Waals surface area contributed by atoms with Crippen LogP contribution in [0.5, 0.6) is 0 Å². The van der Waals surface area contributed by atoms with Crippen molar-refractivity contribution in [3.63, 3.8) is 0 Å². The van der Waals surface area contributed by atoms with E-state index in [1.807, 2.05) is 19.3 Å². The van der Waals surface area contributed by atoms with Gasteiger partial charge in [0.1, 0.15) is 29.3 Å². The van der Waals surface area contributed by atoms with Crippen LogP contribution in [-0.2, 0) is 36.3 Å². The molecule has 81 heavy (non-hydrogen) atoms. The second-order valence-corrected chi connectivity index (χ2v) is 55.1. The summed E-state index contributed by atoms with van der Waals surface area (Å²) in [6.45, 7) is 52.4. The van der Waals surface area contributed by atoms with Crippen molar-refractivity contribution in [2.75, 3.05) is 13.3 Å². The highest BCUT2D eigenvalue weighted by molar-refractivity contribution is 7.95. The van der Waals surface area contributed by atoms with Crippen LogP contribution in [0.15, 0.2) is 127 Å². The van der Waals surface area contributed by atoms with Crippen LogP contribution in [0, 0.1) is 11.8 Å². The van der Waals surface area contributed by atoms with Crippen LogP contribution in [0.2, 0.25) is 95.2 Å². The molecule has 0 radical (unpaired) electrons. The predicted octanol–water partition coefficient (Wildman–Crippen LogP) is 17.4. The molecule has 5 rings (SSSR count). The van der Waals surface area contributed by atoms with Gasteiger partial charge in [-0.2, -0.15) is 0 Å². The molecule has 2 aliphatic rings. The molecule has 11 atom stereocenters. The number of unbranched alkanes of at least 4 members (excludes halogenated alkanes) is 1. The predicted molar refractivity (Wildman–Crippen MR) is 361 cm³/mol. The highest BCUT2D eigenvalue weighted by Crippen LogP contribution is 2.56. The largest absolute Gasteiger partial charge is 0.413 e. The molecule has 0 unspecified atom stereocenters. The van der Waals surface area contributed by atoms with E-state index in [2.05, 4.69) is 225 Å². The third kappa shape index (κ3) is 18.9. The fourth-order valence-corrected chi connectivity index (χ4v) is 24.1. The smallest absolute Gasteiger partial charge is 0.198 e. The molecule has 0 saturated carbocycles. The Labute approximate surface area is 505 Å². The van der Waals surface area contributed by atoms with E-state index in [1.165, 1.54) is 15.9 Å². The van der Waals surface area contributed by atoms with Crippen LogP contribution in [0.25, 0.3) is 0 Å². The Bertz CT molecular complexity index is 2330. The van der Waals surface area contributed by atoms with Crippen molar-refractivity contribution in [2.45, 2.75) is 244 Å². The van der Waals surface area contributed by atoms with Crippen molar-refractivity contribution in [3.8, 4) is 0 Å². The Morgan fingerprint density at radius 3 is 1.62 bits per heavy atom. The molecule has 2 heterocycles. The Morgan fingerprint density at radius 1 is 0.691 bits per heavy atom. The second kappa shape index (κ2) is 29.4. The number of hydrogen-bond donors (Lipinski definition) is 0. The molecule has 0 spiro atoms. The fourth-order valence-electron chi connectivity index (χ4n) is 12.0. The maximum absolute atomic E-state index is 8.10. The van der Waals surface area contributed by atoms with Crippen molar-refractivity contribution in [1.29, 1.82) is 0 Å². The average molecular weight is 1240 g/mol. The normalized spacial score (nSPS) is 25.4. The minimum atomic E-state index is -2.45. The molecule has 0 aliphatic carbocycles. The van der Waals surface area contributed by atoms with Gasteiger partial charge in [0.2, 0.25) is 0 Å². The number of allylic oxidation sites excluding steroid dienone is 2. The third-order valence-electron chi connectivity index (χ3n) is 17.5. The van der Waals surface area contributed by atoms with Crippen LogP contribution in [-0.4, -0.2) is 109 Å². The molecular formula is C66H111ClO8PSi5+. The summed E-state index contributed by atoms with van der Waals surface area (Å²) >= 11 is 6.32. The van der Waals surface area contributed by atoms with E-state index in [0.717, 1.165) is 49.1 Å². The van der Waals surface area contributed by atoms with Gasteiger partial charge in [0.05, 0.1) is 48.9 Å². The highest BCUT2D eigenvalue weighted by atomic mass is 35.5. The summed E-state index contributed by atoms with van der Waals surface area (Å²) in [5, 5.41) is 4.68. The lowest BCUT2D eigenvalue weighted by atomic mass is 9.78. The molecule has 15 heteroatoms. The number of ether oxygens (including phenoxy) is 3. The van der Waals surface area contributed by atoms with Gasteiger partial charge in [-0.3, -0.25) is 0 Å². The van der Waals surface area contributed by atoms with E-state index in [1.54, 1.807) is 0 Å². The monoisotopic (exact) mass is 1240 g/mol. The van der Waals surface area contributed by atoms with Gasteiger partial charge in [0.25, 0.3) is 0 Å². The van der Waals surface area contributed by atoms with Gasteiger partial charge >= 0.3 is 0 Å².